The maximum absolute atomic E-state index is 11.8. The van der Waals surface area contributed by atoms with E-state index in [0.29, 0.717) is 12.1 Å². The number of carboxylic acid groups (broad SMARTS) is 1. The van der Waals surface area contributed by atoms with Crippen LogP contribution in [0, 0.1) is 0 Å². The highest BCUT2D eigenvalue weighted by atomic mass is 16.4. The number of amides is 2. The van der Waals surface area contributed by atoms with E-state index in [2.05, 4.69) is 15.7 Å². The molecule has 4 N–H and O–H groups in total. The maximum Gasteiger partial charge on any atom is 0.325 e. The van der Waals surface area contributed by atoms with Gasteiger partial charge in [-0.3, -0.25) is 9.48 Å². The van der Waals surface area contributed by atoms with Gasteiger partial charge < -0.3 is 20.8 Å². The number of carbonyl (C=O) groups excluding carboxylic acids is 1. The van der Waals surface area contributed by atoms with Crippen molar-refractivity contribution in [2.75, 3.05) is 5.32 Å². The smallest absolute Gasteiger partial charge is 0.325 e. The fourth-order valence-corrected chi connectivity index (χ4v) is 2.27. The molecule has 0 bridgehead atoms. The van der Waals surface area contributed by atoms with Crippen molar-refractivity contribution in [2.24, 2.45) is 0 Å². The van der Waals surface area contributed by atoms with Crippen LogP contribution in [-0.4, -0.2) is 44.1 Å². The van der Waals surface area contributed by atoms with Gasteiger partial charge in [-0.2, -0.15) is 5.10 Å². The predicted octanol–water partition coefficient (Wildman–Crippen LogP) is 0.393. The van der Waals surface area contributed by atoms with E-state index >= 15 is 0 Å². The van der Waals surface area contributed by atoms with Crippen LogP contribution in [0.2, 0.25) is 0 Å². The molecule has 1 saturated carbocycles. The largest absolute Gasteiger partial charge is 0.480 e. The van der Waals surface area contributed by atoms with Gasteiger partial charge in [0.2, 0.25) is 0 Å². The second-order valence-electron chi connectivity index (χ2n) is 4.88. The first-order valence-corrected chi connectivity index (χ1v) is 6.54. The summed E-state index contributed by atoms with van der Waals surface area (Å²) in [5, 5.41) is 27.5. The molecular formula is C12H18N4O4. The number of aliphatic hydroxyl groups excluding tert-OH is 1. The summed E-state index contributed by atoms with van der Waals surface area (Å²) in [6.45, 7) is -0.259. The summed E-state index contributed by atoms with van der Waals surface area (Å²) >= 11 is 0. The van der Waals surface area contributed by atoms with Gasteiger partial charge in [-0.15, -0.1) is 0 Å². The Hall–Kier alpha value is -2.09. The molecule has 0 aromatic carbocycles. The van der Waals surface area contributed by atoms with Crippen LogP contribution >= 0.6 is 0 Å². The highest BCUT2D eigenvalue weighted by molar-refractivity contribution is 5.89. The standard InChI is InChI=1S/C12H18N4O4/c17-10-4-2-1-3-9(10)15-12(20)14-8-5-13-16(6-8)7-11(18)19/h5-6,9-10,17H,1-4,7H2,(H,18,19)(H2,14,15,20). The normalized spacial score (nSPS) is 22.2. The molecule has 1 aromatic rings. The monoisotopic (exact) mass is 282 g/mol. The van der Waals surface area contributed by atoms with E-state index in [0.717, 1.165) is 19.3 Å². The molecule has 110 valence electrons. The quantitative estimate of drug-likeness (QED) is 0.637. The first-order valence-electron chi connectivity index (χ1n) is 6.54. The van der Waals surface area contributed by atoms with Crippen molar-refractivity contribution in [1.29, 1.82) is 0 Å². The highest BCUT2D eigenvalue weighted by Gasteiger charge is 2.24. The molecule has 1 aliphatic carbocycles. The molecule has 2 amide bonds. The third-order valence-corrected chi connectivity index (χ3v) is 3.23. The number of rotatable bonds is 4. The van der Waals surface area contributed by atoms with E-state index in [4.69, 9.17) is 5.11 Å². The lowest BCUT2D eigenvalue weighted by Gasteiger charge is -2.28. The lowest BCUT2D eigenvalue weighted by atomic mass is 9.93. The Morgan fingerprint density at radius 3 is 2.85 bits per heavy atom. The topological polar surface area (TPSA) is 116 Å². The molecule has 0 saturated heterocycles. The average molecular weight is 282 g/mol. The summed E-state index contributed by atoms with van der Waals surface area (Å²) in [5.74, 6) is -1.01. The molecule has 1 aromatic heterocycles. The van der Waals surface area contributed by atoms with Gasteiger partial charge in [0.05, 0.1) is 24.0 Å². The molecular weight excluding hydrogens is 264 g/mol. The third kappa shape index (κ3) is 3.95. The summed E-state index contributed by atoms with van der Waals surface area (Å²) in [5.41, 5.74) is 0.411. The first-order chi connectivity index (χ1) is 9.54. The third-order valence-electron chi connectivity index (χ3n) is 3.23. The van der Waals surface area contributed by atoms with Crippen molar-refractivity contribution in [3.05, 3.63) is 12.4 Å². The van der Waals surface area contributed by atoms with Gasteiger partial charge in [-0.25, -0.2) is 4.79 Å². The summed E-state index contributed by atoms with van der Waals surface area (Å²) in [4.78, 5) is 22.3. The van der Waals surface area contributed by atoms with Crippen LogP contribution in [0.3, 0.4) is 0 Å². The Bertz CT molecular complexity index is 488. The molecule has 20 heavy (non-hydrogen) atoms. The zero-order valence-electron chi connectivity index (χ0n) is 11.0. The molecule has 1 heterocycles. The number of aromatic nitrogens is 2. The van der Waals surface area contributed by atoms with Crippen LogP contribution in [0.15, 0.2) is 12.4 Å². The van der Waals surface area contributed by atoms with Crippen LogP contribution in [0.4, 0.5) is 10.5 Å². The van der Waals surface area contributed by atoms with Gasteiger partial charge in [0.1, 0.15) is 6.54 Å². The summed E-state index contributed by atoms with van der Waals surface area (Å²) < 4.78 is 1.22. The minimum absolute atomic E-state index is 0.238. The summed E-state index contributed by atoms with van der Waals surface area (Å²) in [6, 6.07) is -0.663. The van der Waals surface area contributed by atoms with Crippen molar-refractivity contribution >= 4 is 17.7 Å². The van der Waals surface area contributed by atoms with Gasteiger partial charge in [0, 0.05) is 6.20 Å². The molecule has 0 spiro atoms. The fraction of sp³-hybridized carbons (Fsp3) is 0.583. The molecule has 0 radical (unpaired) electrons. The van der Waals surface area contributed by atoms with E-state index in [1.54, 1.807) is 0 Å². The average Bonchev–Trinajstić information content (AvgIpc) is 2.78. The Morgan fingerprint density at radius 2 is 2.15 bits per heavy atom. The molecule has 2 atom stereocenters. The van der Waals surface area contributed by atoms with Crippen molar-refractivity contribution in [3.8, 4) is 0 Å². The number of anilines is 1. The minimum atomic E-state index is -1.01. The molecule has 8 nitrogen and oxygen atoms in total. The Kier molecular flexibility index (Phi) is 4.57. The number of nitrogens with one attached hydrogen (secondary N) is 2. The van der Waals surface area contributed by atoms with E-state index in [-0.39, 0.29) is 12.6 Å². The second-order valence-corrected chi connectivity index (χ2v) is 4.88. The van der Waals surface area contributed by atoms with Crippen molar-refractivity contribution in [3.63, 3.8) is 0 Å². The number of urea groups is 1. The van der Waals surface area contributed by atoms with Crippen molar-refractivity contribution in [2.45, 2.75) is 44.4 Å². The number of hydrogen-bond acceptors (Lipinski definition) is 4. The highest BCUT2D eigenvalue weighted by Crippen LogP contribution is 2.18. The van der Waals surface area contributed by atoms with E-state index in [9.17, 15) is 14.7 Å². The lowest BCUT2D eigenvalue weighted by molar-refractivity contribution is -0.137. The van der Waals surface area contributed by atoms with Crippen LogP contribution in [0.25, 0.3) is 0 Å². The number of carbonyl (C=O) groups is 2. The minimum Gasteiger partial charge on any atom is -0.480 e. The van der Waals surface area contributed by atoms with Crippen LogP contribution in [0.5, 0.6) is 0 Å². The second kappa shape index (κ2) is 6.38. The van der Waals surface area contributed by atoms with Gasteiger partial charge in [-0.05, 0) is 12.8 Å². The van der Waals surface area contributed by atoms with Gasteiger partial charge >= 0.3 is 12.0 Å². The number of nitrogens with zero attached hydrogens (tertiary/aromatic N) is 2. The van der Waals surface area contributed by atoms with Crippen molar-refractivity contribution in [1.82, 2.24) is 15.1 Å². The predicted molar refractivity (Wildman–Crippen MR) is 70.3 cm³/mol. The van der Waals surface area contributed by atoms with E-state index < -0.39 is 18.1 Å². The number of hydrogen-bond donors (Lipinski definition) is 4. The lowest BCUT2D eigenvalue weighted by Crippen LogP contribution is -2.46. The van der Waals surface area contributed by atoms with Crippen LogP contribution < -0.4 is 10.6 Å². The molecule has 0 aliphatic heterocycles. The van der Waals surface area contributed by atoms with Crippen LogP contribution in [-0.2, 0) is 11.3 Å². The maximum atomic E-state index is 11.8. The fourth-order valence-electron chi connectivity index (χ4n) is 2.27. The number of aliphatic carboxylic acids is 1. The SMILES string of the molecule is O=C(O)Cn1cc(NC(=O)NC2CCCCC2O)cn1. The van der Waals surface area contributed by atoms with Crippen molar-refractivity contribution < 1.29 is 19.8 Å². The number of aliphatic hydroxyl groups is 1. The Morgan fingerprint density at radius 1 is 1.40 bits per heavy atom. The van der Waals surface area contributed by atoms with Gasteiger partial charge in [0.25, 0.3) is 0 Å². The summed E-state index contributed by atoms with van der Waals surface area (Å²) in [7, 11) is 0. The summed E-state index contributed by atoms with van der Waals surface area (Å²) in [6.07, 6.45) is 5.71. The molecule has 1 aliphatic rings. The number of carboxylic acids is 1. The molecule has 8 heteroatoms. The van der Waals surface area contributed by atoms with E-state index in [1.165, 1.54) is 17.1 Å². The Labute approximate surface area is 115 Å². The molecule has 1 fully saturated rings. The molecule has 2 unspecified atom stereocenters. The zero-order chi connectivity index (χ0) is 14.5. The van der Waals surface area contributed by atoms with Gasteiger partial charge in [-0.1, -0.05) is 12.8 Å². The van der Waals surface area contributed by atoms with Crippen LogP contribution in [0.1, 0.15) is 25.7 Å². The van der Waals surface area contributed by atoms with Gasteiger partial charge in [0.15, 0.2) is 0 Å². The molecule has 2 rings (SSSR count). The Balaban J connectivity index is 1.84. The van der Waals surface area contributed by atoms with E-state index in [1.807, 2.05) is 0 Å². The first kappa shape index (κ1) is 14.3. The zero-order valence-corrected chi connectivity index (χ0v) is 11.0.